The Hall–Kier alpha value is 0.657. The molecule has 0 aromatic heterocycles. The van der Waals surface area contributed by atoms with Crippen molar-refractivity contribution in [1.29, 1.82) is 0 Å². The van der Waals surface area contributed by atoms with Crippen LogP contribution in [0, 0.1) is 0 Å². The van der Waals surface area contributed by atoms with Gasteiger partial charge in [-0.2, -0.15) is 0 Å². The summed E-state index contributed by atoms with van der Waals surface area (Å²) in [6.45, 7) is 4.11. The molecule has 0 heterocycles. The maximum Gasteiger partial charge on any atom is 0.208 e. The van der Waals surface area contributed by atoms with E-state index in [1.54, 1.807) is 0 Å². The Morgan fingerprint density at radius 3 is 1.64 bits per heavy atom. The monoisotopic (exact) mass is 296 g/mol. The molecule has 64 valence electrons. The first-order valence-electron chi connectivity index (χ1n) is 3.72. The van der Waals surface area contributed by atoms with E-state index in [0.717, 1.165) is 12.1 Å². The van der Waals surface area contributed by atoms with Gasteiger partial charge in [0, 0.05) is 0 Å². The topological polar surface area (TPSA) is 0 Å². The first-order chi connectivity index (χ1) is 5.12. The fourth-order valence-corrected chi connectivity index (χ4v) is 4.23. The van der Waals surface area contributed by atoms with Crippen molar-refractivity contribution in [3.8, 4) is 0 Å². The largest absolute Gasteiger partial charge is 0.208 e. The number of rotatable bonds is 4. The van der Waals surface area contributed by atoms with E-state index in [2.05, 4.69) is 68.7 Å². The van der Waals surface area contributed by atoms with Gasteiger partial charge in [-0.15, -0.1) is 30.6 Å². The Labute approximate surface area is 85.9 Å². The zero-order valence-corrected chi connectivity index (χ0v) is 11.2. The molecule has 0 amide bonds. The van der Waals surface area contributed by atoms with Gasteiger partial charge in [0.05, 0.1) is 0 Å². The average molecular weight is 298 g/mol. The van der Waals surface area contributed by atoms with Crippen molar-refractivity contribution in [2.75, 3.05) is 0 Å². The average Bonchev–Trinajstić information content (AvgIpc) is 1.97. The molecule has 0 aromatic rings. The second kappa shape index (κ2) is 6.20. The fraction of sp³-hybridized carbons (Fsp3) is 0.500. The molecule has 0 saturated heterocycles. The minimum atomic E-state index is -1.29. The van der Waals surface area contributed by atoms with Crippen LogP contribution in [0.3, 0.4) is 0 Å². The summed E-state index contributed by atoms with van der Waals surface area (Å²) < 4.78 is 0. The van der Waals surface area contributed by atoms with Crippen molar-refractivity contribution in [1.82, 2.24) is 0 Å². The summed E-state index contributed by atoms with van der Waals surface area (Å²) in [5.74, 6) is 0. The molecule has 0 atom stereocenters. The SMILES string of the molecule is CC=CC[Si](Br)(Br)CC=CC. The van der Waals surface area contributed by atoms with Crippen LogP contribution in [0.25, 0.3) is 0 Å². The molecule has 0 saturated carbocycles. The van der Waals surface area contributed by atoms with Gasteiger partial charge in [0.15, 0.2) is 0 Å². The molecule has 0 radical (unpaired) electrons. The van der Waals surface area contributed by atoms with Gasteiger partial charge < -0.3 is 0 Å². The first-order valence-corrected chi connectivity index (χ1v) is 10.7. The summed E-state index contributed by atoms with van der Waals surface area (Å²) in [6.07, 6.45) is 8.61. The van der Waals surface area contributed by atoms with Crippen LogP contribution in [0.5, 0.6) is 0 Å². The molecule has 0 aliphatic rings. The molecular formula is C8H14Br2Si. The van der Waals surface area contributed by atoms with Crippen molar-refractivity contribution in [2.24, 2.45) is 0 Å². The molecule has 3 heteroatoms. The highest BCUT2D eigenvalue weighted by Crippen LogP contribution is 2.30. The lowest BCUT2D eigenvalue weighted by molar-refractivity contribution is 1.52. The highest BCUT2D eigenvalue weighted by Gasteiger charge is 2.22. The predicted molar refractivity (Wildman–Crippen MR) is 62.9 cm³/mol. The molecule has 0 aliphatic heterocycles. The summed E-state index contributed by atoms with van der Waals surface area (Å²) in [5, 5.41) is -1.29. The smallest absolute Gasteiger partial charge is 0.110 e. The highest BCUT2D eigenvalue weighted by atomic mass is 79.9. The molecule has 0 rings (SSSR count). The van der Waals surface area contributed by atoms with Crippen LogP contribution in [0.2, 0.25) is 12.1 Å². The summed E-state index contributed by atoms with van der Waals surface area (Å²) in [5.41, 5.74) is 0. The summed E-state index contributed by atoms with van der Waals surface area (Å²) in [7, 11) is 0. The molecule has 0 N–H and O–H groups in total. The lowest BCUT2D eigenvalue weighted by Gasteiger charge is -2.11. The quantitative estimate of drug-likeness (QED) is 0.411. The molecule has 0 spiro atoms. The van der Waals surface area contributed by atoms with Gasteiger partial charge in [-0.05, 0) is 25.9 Å². The molecule has 11 heavy (non-hydrogen) atoms. The second-order valence-electron chi connectivity index (χ2n) is 2.40. The minimum absolute atomic E-state index is 1.15. The van der Waals surface area contributed by atoms with Crippen molar-refractivity contribution >= 4 is 35.9 Å². The number of halogens is 2. The standard InChI is InChI=1S/C8H14Br2Si/c1-3-5-7-11(9,10)8-6-4-2/h3-6H,7-8H2,1-2H3. The lowest BCUT2D eigenvalue weighted by Crippen LogP contribution is -2.13. The van der Waals surface area contributed by atoms with Gasteiger partial charge in [0.25, 0.3) is 0 Å². The maximum absolute atomic E-state index is 3.74. The summed E-state index contributed by atoms with van der Waals surface area (Å²) in [6, 6.07) is 2.29. The number of hydrogen-bond donors (Lipinski definition) is 0. The molecular weight excluding hydrogens is 284 g/mol. The fourth-order valence-electron chi connectivity index (χ4n) is 0.664. The predicted octanol–water partition coefficient (Wildman–Crippen LogP) is 4.37. The molecule has 0 aliphatic carbocycles. The first kappa shape index (κ1) is 11.7. The molecule has 0 unspecified atom stereocenters. The molecule has 0 aromatic carbocycles. The van der Waals surface area contributed by atoms with Gasteiger partial charge >= 0.3 is 0 Å². The van der Waals surface area contributed by atoms with E-state index in [1.807, 2.05) is 0 Å². The van der Waals surface area contributed by atoms with Crippen LogP contribution >= 0.6 is 30.6 Å². The minimum Gasteiger partial charge on any atom is -0.110 e. The third-order valence-electron chi connectivity index (χ3n) is 1.30. The highest BCUT2D eigenvalue weighted by molar-refractivity contribution is 9.51. The zero-order valence-electron chi connectivity index (χ0n) is 6.98. The zero-order chi connectivity index (χ0) is 8.74. The maximum atomic E-state index is 3.74. The van der Waals surface area contributed by atoms with E-state index in [4.69, 9.17) is 0 Å². The number of hydrogen-bond acceptors (Lipinski definition) is 0. The van der Waals surface area contributed by atoms with Gasteiger partial charge in [-0.1, -0.05) is 24.3 Å². The van der Waals surface area contributed by atoms with Crippen molar-refractivity contribution < 1.29 is 0 Å². The van der Waals surface area contributed by atoms with E-state index >= 15 is 0 Å². The van der Waals surface area contributed by atoms with Crippen LogP contribution in [0.1, 0.15) is 13.8 Å². The second-order valence-corrected chi connectivity index (χ2v) is 17.2. The molecule has 0 fully saturated rings. The van der Waals surface area contributed by atoms with Crippen molar-refractivity contribution in [2.45, 2.75) is 25.9 Å². The Balaban J connectivity index is 3.78. The van der Waals surface area contributed by atoms with Crippen LogP contribution in [-0.2, 0) is 0 Å². The van der Waals surface area contributed by atoms with Crippen molar-refractivity contribution in [3.63, 3.8) is 0 Å². The third kappa shape index (κ3) is 7.03. The normalized spacial score (nSPS) is 13.5. The lowest BCUT2D eigenvalue weighted by atomic mass is 10.6. The Morgan fingerprint density at radius 1 is 1.00 bits per heavy atom. The third-order valence-corrected chi connectivity index (χ3v) is 6.86. The molecule has 0 nitrogen and oxygen atoms in total. The summed E-state index contributed by atoms with van der Waals surface area (Å²) in [4.78, 5) is 0. The van der Waals surface area contributed by atoms with Crippen molar-refractivity contribution in [3.05, 3.63) is 24.3 Å². The van der Waals surface area contributed by atoms with E-state index in [-0.39, 0.29) is 0 Å². The van der Waals surface area contributed by atoms with E-state index in [9.17, 15) is 0 Å². The van der Waals surface area contributed by atoms with Crippen LogP contribution in [0.4, 0.5) is 0 Å². The summed E-state index contributed by atoms with van der Waals surface area (Å²) >= 11 is 7.47. The Kier molecular flexibility index (Phi) is 6.57. The van der Waals surface area contributed by atoms with E-state index in [0.29, 0.717) is 0 Å². The van der Waals surface area contributed by atoms with Gasteiger partial charge in [-0.25, -0.2) is 0 Å². The number of allylic oxidation sites excluding steroid dienone is 4. The van der Waals surface area contributed by atoms with Crippen LogP contribution in [0.15, 0.2) is 24.3 Å². The van der Waals surface area contributed by atoms with E-state index in [1.165, 1.54) is 0 Å². The Morgan fingerprint density at radius 2 is 1.36 bits per heavy atom. The van der Waals surface area contributed by atoms with Gasteiger partial charge in [-0.3, -0.25) is 0 Å². The molecule has 0 bridgehead atoms. The van der Waals surface area contributed by atoms with E-state index < -0.39 is 5.31 Å². The van der Waals surface area contributed by atoms with Gasteiger partial charge in [0.2, 0.25) is 5.31 Å². The van der Waals surface area contributed by atoms with Gasteiger partial charge in [0.1, 0.15) is 0 Å². The van der Waals surface area contributed by atoms with Crippen LogP contribution in [-0.4, -0.2) is 5.31 Å². The van der Waals surface area contributed by atoms with Crippen LogP contribution < -0.4 is 0 Å². The Bertz CT molecular complexity index is 134.